The molecule has 0 saturated carbocycles. The van der Waals surface area contributed by atoms with Gasteiger partial charge in [0, 0.05) is 0 Å². The number of allylic oxidation sites excluding steroid dienone is 2. The number of rotatable bonds is 6. The molecule has 0 amide bonds. The zero-order chi connectivity index (χ0) is 13.6. The van der Waals surface area contributed by atoms with Crippen LogP contribution >= 0.6 is 0 Å². The molecule has 0 fully saturated rings. The molecule has 0 spiro atoms. The second kappa shape index (κ2) is 6.71. The van der Waals surface area contributed by atoms with Crippen molar-refractivity contribution < 1.29 is 4.43 Å². The molecule has 0 unspecified atom stereocenters. The Kier molecular flexibility index (Phi) is 5.57. The molecule has 1 aromatic carbocycles. The third kappa shape index (κ3) is 5.99. The summed E-state index contributed by atoms with van der Waals surface area (Å²) in [7, 11) is -1.43. The predicted molar refractivity (Wildman–Crippen MR) is 83.1 cm³/mol. The molecular formula is C16H24OSi. The van der Waals surface area contributed by atoms with Gasteiger partial charge >= 0.3 is 0 Å². The molecule has 1 nitrogen and oxygen atoms in total. The van der Waals surface area contributed by atoms with Gasteiger partial charge in [0.25, 0.3) is 0 Å². The van der Waals surface area contributed by atoms with E-state index in [1.807, 2.05) is 6.07 Å². The zero-order valence-electron chi connectivity index (χ0n) is 12.0. The fraction of sp³-hybridized carbons (Fsp3) is 0.375. The summed E-state index contributed by atoms with van der Waals surface area (Å²) in [4.78, 5) is 0. The van der Waals surface area contributed by atoms with Crippen LogP contribution in [0.1, 0.15) is 18.9 Å². The Bertz CT molecular complexity index is 412. The van der Waals surface area contributed by atoms with Crippen molar-refractivity contribution in [3.63, 3.8) is 0 Å². The van der Waals surface area contributed by atoms with Crippen LogP contribution in [-0.4, -0.2) is 14.9 Å². The lowest BCUT2D eigenvalue weighted by Gasteiger charge is -2.16. The van der Waals surface area contributed by atoms with Crippen molar-refractivity contribution >= 4 is 13.9 Å². The molecule has 0 atom stereocenters. The Balaban J connectivity index is 2.79. The van der Waals surface area contributed by atoms with Gasteiger partial charge in [-0.05, 0) is 44.1 Å². The molecule has 98 valence electrons. The van der Waals surface area contributed by atoms with Crippen LogP contribution in [0.3, 0.4) is 0 Å². The van der Waals surface area contributed by atoms with Crippen molar-refractivity contribution in [3.8, 4) is 0 Å². The maximum atomic E-state index is 5.90. The van der Waals surface area contributed by atoms with Gasteiger partial charge in [-0.2, -0.15) is 0 Å². The van der Waals surface area contributed by atoms with E-state index >= 15 is 0 Å². The third-order valence-corrected chi connectivity index (χ3v) is 3.52. The fourth-order valence-corrected chi connectivity index (χ4v) is 2.25. The van der Waals surface area contributed by atoms with Gasteiger partial charge in [-0.25, -0.2) is 0 Å². The van der Waals surface area contributed by atoms with Gasteiger partial charge in [-0.1, -0.05) is 48.6 Å². The second-order valence-electron chi connectivity index (χ2n) is 5.65. The molecule has 0 aromatic heterocycles. The topological polar surface area (TPSA) is 9.23 Å². The van der Waals surface area contributed by atoms with E-state index < -0.39 is 8.32 Å². The van der Waals surface area contributed by atoms with E-state index in [1.54, 1.807) is 0 Å². The molecule has 0 bridgehead atoms. The van der Waals surface area contributed by atoms with Crippen LogP contribution in [0.4, 0.5) is 0 Å². The van der Waals surface area contributed by atoms with Crippen molar-refractivity contribution in [1.29, 1.82) is 0 Å². The summed E-state index contributed by atoms with van der Waals surface area (Å²) in [6, 6.07) is 10.5. The maximum Gasteiger partial charge on any atom is 0.184 e. The highest BCUT2D eigenvalue weighted by molar-refractivity contribution is 6.69. The first-order chi connectivity index (χ1) is 8.38. The van der Waals surface area contributed by atoms with Crippen LogP contribution < -0.4 is 0 Å². The van der Waals surface area contributed by atoms with Crippen LogP contribution in [0, 0.1) is 0 Å². The lowest BCUT2D eigenvalue weighted by molar-refractivity contribution is 0.358. The minimum Gasteiger partial charge on any atom is -0.414 e. The molecule has 0 aliphatic heterocycles. The Morgan fingerprint density at radius 2 is 1.83 bits per heavy atom. The first-order valence-corrected chi connectivity index (χ1v) is 9.82. The van der Waals surface area contributed by atoms with E-state index in [4.69, 9.17) is 4.43 Å². The molecule has 2 heteroatoms. The second-order valence-corrected chi connectivity index (χ2v) is 10.2. The Labute approximate surface area is 112 Å². The third-order valence-electron chi connectivity index (χ3n) is 2.48. The summed E-state index contributed by atoms with van der Waals surface area (Å²) < 4.78 is 5.90. The summed E-state index contributed by atoms with van der Waals surface area (Å²) in [5, 5.41) is 0. The van der Waals surface area contributed by atoms with Crippen LogP contribution in [-0.2, 0) is 4.43 Å². The summed E-state index contributed by atoms with van der Waals surface area (Å²) >= 11 is 0. The summed E-state index contributed by atoms with van der Waals surface area (Å²) in [5.74, 6) is 0. The summed E-state index contributed by atoms with van der Waals surface area (Å²) in [6.45, 7) is 13.4. The normalized spacial score (nSPS) is 12.6. The van der Waals surface area contributed by atoms with Gasteiger partial charge in [0.15, 0.2) is 8.32 Å². The van der Waals surface area contributed by atoms with E-state index in [9.17, 15) is 0 Å². The highest BCUT2D eigenvalue weighted by Crippen LogP contribution is 2.21. The zero-order valence-corrected chi connectivity index (χ0v) is 13.0. The molecule has 18 heavy (non-hydrogen) atoms. The van der Waals surface area contributed by atoms with E-state index in [-0.39, 0.29) is 0 Å². The highest BCUT2D eigenvalue weighted by atomic mass is 28.4. The van der Waals surface area contributed by atoms with Crippen LogP contribution in [0.25, 0.3) is 5.57 Å². The molecule has 0 aliphatic carbocycles. The lowest BCUT2D eigenvalue weighted by Crippen LogP contribution is -2.25. The number of hydrogen-bond acceptors (Lipinski definition) is 1. The van der Waals surface area contributed by atoms with Crippen LogP contribution in [0.2, 0.25) is 19.6 Å². The smallest absolute Gasteiger partial charge is 0.184 e. The van der Waals surface area contributed by atoms with E-state index in [0.717, 1.165) is 6.42 Å². The van der Waals surface area contributed by atoms with Gasteiger partial charge in [-0.15, -0.1) is 0 Å². The Morgan fingerprint density at radius 1 is 1.22 bits per heavy atom. The van der Waals surface area contributed by atoms with Crippen molar-refractivity contribution in [2.75, 3.05) is 6.61 Å². The maximum absolute atomic E-state index is 5.90. The summed E-state index contributed by atoms with van der Waals surface area (Å²) in [5.41, 5.74) is 3.75. The van der Waals surface area contributed by atoms with Gasteiger partial charge in [0.2, 0.25) is 0 Å². The monoisotopic (exact) mass is 260 g/mol. The van der Waals surface area contributed by atoms with E-state index in [2.05, 4.69) is 63.5 Å². The average Bonchev–Trinajstić information content (AvgIpc) is 2.27. The number of benzene rings is 1. The molecule has 1 rings (SSSR count). The first kappa shape index (κ1) is 14.9. The first-order valence-electron chi connectivity index (χ1n) is 6.41. The van der Waals surface area contributed by atoms with Crippen LogP contribution in [0.15, 0.2) is 48.6 Å². The molecule has 0 radical (unpaired) electrons. The molecule has 0 aliphatic rings. The number of hydrogen-bond donors (Lipinski definition) is 0. The SMILES string of the molecule is C=C(C)C/C(=C\CO[Si](C)(C)C)c1ccccc1. The minimum absolute atomic E-state index is 0.702. The largest absolute Gasteiger partial charge is 0.414 e. The van der Waals surface area contributed by atoms with Gasteiger partial charge in [0.1, 0.15) is 0 Å². The van der Waals surface area contributed by atoms with Crippen molar-refractivity contribution in [2.45, 2.75) is 33.0 Å². The Morgan fingerprint density at radius 3 is 2.33 bits per heavy atom. The van der Waals surface area contributed by atoms with Crippen molar-refractivity contribution in [3.05, 3.63) is 54.1 Å². The van der Waals surface area contributed by atoms with Gasteiger partial charge in [0.05, 0.1) is 6.61 Å². The van der Waals surface area contributed by atoms with E-state index in [1.165, 1.54) is 16.7 Å². The lowest BCUT2D eigenvalue weighted by atomic mass is 9.99. The fourth-order valence-electron chi connectivity index (χ4n) is 1.66. The molecule has 0 N–H and O–H groups in total. The molecule has 1 aromatic rings. The van der Waals surface area contributed by atoms with Gasteiger partial charge < -0.3 is 4.43 Å². The predicted octanol–water partition coefficient (Wildman–Crippen LogP) is 4.89. The van der Waals surface area contributed by atoms with Crippen molar-refractivity contribution in [1.82, 2.24) is 0 Å². The quantitative estimate of drug-likeness (QED) is 0.523. The Hall–Kier alpha value is -1.12. The van der Waals surface area contributed by atoms with Gasteiger partial charge in [-0.3, -0.25) is 0 Å². The molecular weight excluding hydrogens is 236 g/mol. The van der Waals surface area contributed by atoms with Crippen LogP contribution in [0.5, 0.6) is 0 Å². The highest BCUT2D eigenvalue weighted by Gasteiger charge is 2.13. The van der Waals surface area contributed by atoms with E-state index in [0.29, 0.717) is 6.61 Å². The van der Waals surface area contributed by atoms with Crippen molar-refractivity contribution in [2.24, 2.45) is 0 Å². The summed E-state index contributed by atoms with van der Waals surface area (Å²) in [6.07, 6.45) is 3.11. The standard InChI is InChI=1S/C16H24OSi/c1-14(2)13-16(11-12-17-18(3,4)5)15-9-7-6-8-10-15/h6-11H,1,12-13H2,2-5H3/b16-11+. The average molecular weight is 260 g/mol. The molecule has 0 saturated heterocycles. The minimum atomic E-state index is -1.43. The molecule has 0 heterocycles.